The van der Waals surface area contributed by atoms with E-state index in [0.717, 1.165) is 21.9 Å². The smallest absolute Gasteiger partial charge is 0.224 e. The van der Waals surface area contributed by atoms with Gasteiger partial charge in [-0.1, -0.05) is 34.5 Å². The zero-order valence-corrected chi connectivity index (χ0v) is 13.5. The molecular formula is C17H22BrNO. The second-order valence-corrected chi connectivity index (χ2v) is 7.41. The predicted octanol–water partition coefficient (Wildman–Crippen LogP) is 3.93. The second-order valence-electron chi connectivity index (χ2n) is 6.50. The Kier molecular flexibility index (Phi) is 4.16. The first-order valence-electron chi connectivity index (χ1n) is 7.65. The van der Waals surface area contributed by atoms with Gasteiger partial charge < -0.3 is 5.32 Å². The summed E-state index contributed by atoms with van der Waals surface area (Å²) >= 11 is 3.41. The van der Waals surface area contributed by atoms with Crippen LogP contribution in [0.5, 0.6) is 0 Å². The van der Waals surface area contributed by atoms with Gasteiger partial charge in [0.1, 0.15) is 0 Å². The lowest BCUT2D eigenvalue weighted by molar-refractivity contribution is -0.121. The van der Waals surface area contributed by atoms with Crippen LogP contribution in [0.15, 0.2) is 28.7 Å². The number of carbonyl (C=O) groups excluding carboxylic acids is 1. The van der Waals surface area contributed by atoms with E-state index in [9.17, 15) is 4.79 Å². The zero-order valence-electron chi connectivity index (χ0n) is 11.9. The molecule has 2 bridgehead atoms. The van der Waals surface area contributed by atoms with E-state index in [0.29, 0.717) is 18.4 Å². The molecule has 0 aromatic heterocycles. The number of halogens is 1. The summed E-state index contributed by atoms with van der Waals surface area (Å²) in [5.74, 6) is 2.67. The number of hydrogen-bond donors (Lipinski definition) is 1. The van der Waals surface area contributed by atoms with Crippen LogP contribution in [0.4, 0.5) is 0 Å². The summed E-state index contributed by atoms with van der Waals surface area (Å²) in [5.41, 5.74) is 1.07. The molecule has 0 unspecified atom stereocenters. The van der Waals surface area contributed by atoms with Crippen LogP contribution in [0.3, 0.4) is 0 Å². The Morgan fingerprint density at radius 1 is 1.30 bits per heavy atom. The van der Waals surface area contributed by atoms with Crippen molar-refractivity contribution < 1.29 is 4.79 Å². The highest BCUT2D eigenvalue weighted by atomic mass is 79.9. The fraction of sp³-hybridized carbons (Fsp3) is 0.588. The first-order valence-corrected chi connectivity index (χ1v) is 8.45. The van der Waals surface area contributed by atoms with E-state index in [4.69, 9.17) is 0 Å². The number of rotatable bonds is 4. The fourth-order valence-corrected chi connectivity index (χ4v) is 4.37. The minimum Gasteiger partial charge on any atom is -0.353 e. The van der Waals surface area contributed by atoms with E-state index in [2.05, 4.69) is 28.2 Å². The van der Waals surface area contributed by atoms with Gasteiger partial charge in [-0.15, -0.1) is 0 Å². The third-order valence-electron chi connectivity index (χ3n) is 5.10. The summed E-state index contributed by atoms with van der Waals surface area (Å²) in [6, 6.07) is 8.31. The first kappa shape index (κ1) is 14.1. The van der Waals surface area contributed by atoms with E-state index >= 15 is 0 Å². The average Bonchev–Trinajstić information content (AvgIpc) is 3.03. The molecule has 2 saturated carbocycles. The van der Waals surface area contributed by atoms with E-state index in [1.54, 1.807) is 0 Å². The van der Waals surface area contributed by atoms with Crippen LogP contribution in [0.25, 0.3) is 0 Å². The predicted molar refractivity (Wildman–Crippen MR) is 84.4 cm³/mol. The van der Waals surface area contributed by atoms with Crippen molar-refractivity contribution in [1.82, 2.24) is 5.32 Å². The second kappa shape index (κ2) is 5.88. The third-order valence-corrected chi connectivity index (χ3v) is 5.63. The van der Waals surface area contributed by atoms with Crippen molar-refractivity contribution in [3.63, 3.8) is 0 Å². The van der Waals surface area contributed by atoms with Crippen LogP contribution in [-0.4, -0.2) is 11.9 Å². The lowest BCUT2D eigenvalue weighted by Gasteiger charge is -2.28. The molecule has 0 radical (unpaired) electrons. The average molecular weight is 336 g/mol. The monoisotopic (exact) mass is 335 g/mol. The number of fused-ring (bicyclic) bond motifs is 2. The van der Waals surface area contributed by atoms with E-state index < -0.39 is 0 Å². The molecule has 1 N–H and O–H groups in total. The number of benzene rings is 1. The van der Waals surface area contributed by atoms with Crippen LogP contribution < -0.4 is 5.32 Å². The van der Waals surface area contributed by atoms with Crippen molar-refractivity contribution in [3.05, 3.63) is 34.3 Å². The summed E-state index contributed by atoms with van der Waals surface area (Å²) in [6.07, 6.45) is 6.00. The van der Waals surface area contributed by atoms with Gasteiger partial charge in [0.2, 0.25) is 5.91 Å². The summed E-state index contributed by atoms with van der Waals surface area (Å²) in [5, 5.41) is 3.22. The van der Waals surface area contributed by atoms with Gasteiger partial charge in [0.15, 0.2) is 0 Å². The first-order chi connectivity index (χ1) is 9.61. The lowest BCUT2D eigenvalue weighted by atomic mass is 9.84. The Morgan fingerprint density at radius 3 is 2.65 bits per heavy atom. The maximum atomic E-state index is 12.1. The zero-order chi connectivity index (χ0) is 14.1. The Hall–Kier alpha value is -0.830. The summed E-state index contributed by atoms with van der Waals surface area (Å²) in [6.45, 7) is 2.19. The molecule has 1 aromatic carbocycles. The Labute approximate surface area is 129 Å². The standard InChI is InChI=1S/C17H22BrNO/c1-11(16-9-13-2-5-14(16)8-13)19-17(20)10-12-3-6-15(18)7-4-12/h3-4,6-7,11,13-14,16H,2,5,8-10H2,1H3,(H,19,20)/t11-,13-,14-,16-/m0/s1. The molecule has 3 heteroatoms. The molecule has 1 amide bonds. The number of nitrogens with one attached hydrogen (secondary N) is 1. The van der Waals surface area contributed by atoms with Crippen LogP contribution in [-0.2, 0) is 11.2 Å². The van der Waals surface area contributed by atoms with Crippen molar-refractivity contribution in [3.8, 4) is 0 Å². The van der Waals surface area contributed by atoms with Crippen LogP contribution in [0.1, 0.15) is 38.2 Å². The highest BCUT2D eigenvalue weighted by Gasteiger charge is 2.42. The highest BCUT2D eigenvalue weighted by molar-refractivity contribution is 9.10. The molecule has 0 heterocycles. The minimum atomic E-state index is 0.155. The molecule has 1 aromatic rings. The molecule has 3 rings (SSSR count). The molecule has 2 fully saturated rings. The van der Waals surface area contributed by atoms with Crippen molar-refractivity contribution in [2.45, 2.75) is 45.1 Å². The molecule has 2 aliphatic carbocycles. The van der Waals surface area contributed by atoms with Gasteiger partial charge in [0.25, 0.3) is 0 Å². The quantitative estimate of drug-likeness (QED) is 0.887. The van der Waals surface area contributed by atoms with E-state index in [-0.39, 0.29) is 5.91 Å². The summed E-state index contributed by atoms with van der Waals surface area (Å²) < 4.78 is 1.05. The van der Waals surface area contributed by atoms with Gasteiger partial charge in [-0.25, -0.2) is 0 Å². The van der Waals surface area contributed by atoms with Crippen LogP contribution in [0, 0.1) is 17.8 Å². The maximum absolute atomic E-state index is 12.1. The van der Waals surface area contributed by atoms with Crippen molar-refractivity contribution >= 4 is 21.8 Å². The number of hydrogen-bond acceptors (Lipinski definition) is 1. The van der Waals surface area contributed by atoms with Gasteiger partial charge in [0.05, 0.1) is 6.42 Å². The van der Waals surface area contributed by atoms with E-state index in [1.807, 2.05) is 24.3 Å². The molecule has 4 atom stereocenters. The van der Waals surface area contributed by atoms with Crippen molar-refractivity contribution in [1.29, 1.82) is 0 Å². The Morgan fingerprint density at radius 2 is 2.05 bits per heavy atom. The van der Waals surface area contributed by atoms with E-state index in [1.165, 1.54) is 25.7 Å². The molecule has 0 saturated heterocycles. The molecule has 2 aliphatic rings. The summed E-state index contributed by atoms with van der Waals surface area (Å²) in [7, 11) is 0. The Bertz CT molecular complexity index is 484. The lowest BCUT2D eigenvalue weighted by Crippen LogP contribution is -2.40. The van der Waals surface area contributed by atoms with Gasteiger partial charge in [0, 0.05) is 10.5 Å². The van der Waals surface area contributed by atoms with Gasteiger partial charge in [-0.3, -0.25) is 4.79 Å². The number of carbonyl (C=O) groups is 1. The molecular weight excluding hydrogens is 314 g/mol. The molecule has 20 heavy (non-hydrogen) atoms. The molecule has 0 aliphatic heterocycles. The van der Waals surface area contributed by atoms with Crippen LogP contribution >= 0.6 is 15.9 Å². The molecule has 108 valence electrons. The fourth-order valence-electron chi connectivity index (χ4n) is 4.11. The SMILES string of the molecule is C[C@H](NC(=O)Cc1ccc(Br)cc1)[C@@H]1C[C@H]2CC[C@H]1C2. The van der Waals surface area contributed by atoms with Gasteiger partial charge in [-0.2, -0.15) is 0 Å². The normalized spacial score (nSPS) is 29.4. The molecule has 0 spiro atoms. The van der Waals surface area contributed by atoms with Gasteiger partial charge in [-0.05, 0) is 61.6 Å². The van der Waals surface area contributed by atoms with Gasteiger partial charge >= 0.3 is 0 Å². The topological polar surface area (TPSA) is 29.1 Å². The van der Waals surface area contributed by atoms with Crippen molar-refractivity contribution in [2.75, 3.05) is 0 Å². The number of amides is 1. The minimum absolute atomic E-state index is 0.155. The Balaban J connectivity index is 1.52. The molecule has 2 nitrogen and oxygen atoms in total. The van der Waals surface area contributed by atoms with Crippen molar-refractivity contribution in [2.24, 2.45) is 17.8 Å². The largest absolute Gasteiger partial charge is 0.353 e. The maximum Gasteiger partial charge on any atom is 0.224 e. The highest BCUT2D eigenvalue weighted by Crippen LogP contribution is 2.49. The third kappa shape index (κ3) is 3.08. The summed E-state index contributed by atoms with van der Waals surface area (Å²) in [4.78, 5) is 12.1. The van der Waals surface area contributed by atoms with Crippen LogP contribution in [0.2, 0.25) is 0 Å².